The fraction of sp³-hybridized carbons (Fsp3) is 0.350. The lowest BCUT2D eigenvalue weighted by Gasteiger charge is -2.32. The molecule has 1 aliphatic heterocycles. The zero-order valence-electron chi connectivity index (χ0n) is 15.0. The molecule has 0 bridgehead atoms. The largest absolute Gasteiger partial charge is 0.337 e. The van der Waals surface area contributed by atoms with Gasteiger partial charge in [-0.15, -0.1) is 11.3 Å². The molecular weight excluding hydrogens is 344 g/mol. The second-order valence-corrected chi connectivity index (χ2v) is 7.78. The fourth-order valence-electron chi connectivity index (χ4n) is 3.62. The van der Waals surface area contributed by atoms with Crippen LogP contribution in [0.3, 0.4) is 0 Å². The van der Waals surface area contributed by atoms with Crippen molar-refractivity contribution in [2.75, 3.05) is 13.1 Å². The summed E-state index contributed by atoms with van der Waals surface area (Å²) in [5.41, 5.74) is 7.25. The Kier molecular flexibility index (Phi) is 4.59. The number of carbonyl (C=O) groups excluding carboxylic acids is 1. The average molecular weight is 366 g/mol. The van der Waals surface area contributed by atoms with Gasteiger partial charge in [0.15, 0.2) is 0 Å². The standard InChI is InChI=1S/C20H22N4OS/c1-13-5-7-15(8-6-13)17-10-22-23-18(17)16-4-3-9-24(11-16)20(25)19-14(2)21-12-26-19/h5-8,10,12,16H,3-4,9,11H2,1-2H3,(H,22,23)/t16-/m0/s1. The van der Waals surface area contributed by atoms with Crippen LogP contribution < -0.4 is 0 Å². The maximum atomic E-state index is 12.9. The summed E-state index contributed by atoms with van der Waals surface area (Å²) in [6, 6.07) is 8.51. The molecule has 0 aliphatic carbocycles. The zero-order chi connectivity index (χ0) is 18.1. The maximum Gasteiger partial charge on any atom is 0.265 e. The summed E-state index contributed by atoms with van der Waals surface area (Å²) >= 11 is 1.43. The molecule has 0 spiro atoms. The van der Waals surface area contributed by atoms with Gasteiger partial charge in [0.1, 0.15) is 4.88 Å². The van der Waals surface area contributed by atoms with E-state index in [1.165, 1.54) is 22.5 Å². The third-order valence-corrected chi connectivity index (χ3v) is 6.00. The van der Waals surface area contributed by atoms with Gasteiger partial charge in [-0.1, -0.05) is 29.8 Å². The van der Waals surface area contributed by atoms with E-state index in [-0.39, 0.29) is 11.8 Å². The van der Waals surface area contributed by atoms with Gasteiger partial charge in [0.2, 0.25) is 0 Å². The molecule has 26 heavy (non-hydrogen) atoms. The Morgan fingerprint density at radius 3 is 2.81 bits per heavy atom. The summed E-state index contributed by atoms with van der Waals surface area (Å²) in [6.45, 7) is 5.51. The smallest absolute Gasteiger partial charge is 0.265 e. The normalized spacial score (nSPS) is 17.5. The van der Waals surface area contributed by atoms with Gasteiger partial charge in [-0.2, -0.15) is 5.10 Å². The minimum absolute atomic E-state index is 0.103. The van der Waals surface area contributed by atoms with Crippen molar-refractivity contribution in [3.63, 3.8) is 0 Å². The number of nitrogens with zero attached hydrogens (tertiary/aromatic N) is 3. The van der Waals surface area contributed by atoms with Crippen molar-refractivity contribution >= 4 is 17.2 Å². The lowest BCUT2D eigenvalue weighted by molar-refractivity contribution is 0.0710. The quantitative estimate of drug-likeness (QED) is 0.757. The molecular formula is C20H22N4OS. The highest BCUT2D eigenvalue weighted by atomic mass is 32.1. The molecule has 6 heteroatoms. The first-order chi connectivity index (χ1) is 12.6. The molecule has 0 saturated carbocycles. The molecule has 2 aromatic heterocycles. The number of hydrogen-bond donors (Lipinski definition) is 1. The van der Waals surface area contributed by atoms with Crippen LogP contribution >= 0.6 is 11.3 Å². The monoisotopic (exact) mass is 366 g/mol. The molecule has 0 unspecified atom stereocenters. The van der Waals surface area contributed by atoms with Crippen molar-refractivity contribution in [3.8, 4) is 11.1 Å². The average Bonchev–Trinajstić information content (AvgIpc) is 3.31. The first-order valence-corrected chi connectivity index (χ1v) is 9.81. The highest BCUT2D eigenvalue weighted by Gasteiger charge is 2.29. The topological polar surface area (TPSA) is 61.9 Å². The van der Waals surface area contributed by atoms with Crippen LogP contribution in [0, 0.1) is 13.8 Å². The Bertz CT molecular complexity index is 912. The van der Waals surface area contributed by atoms with E-state index in [1.54, 1.807) is 5.51 Å². The molecule has 1 amide bonds. The van der Waals surface area contributed by atoms with Crippen molar-refractivity contribution in [2.45, 2.75) is 32.6 Å². The van der Waals surface area contributed by atoms with E-state index in [4.69, 9.17) is 0 Å². The van der Waals surface area contributed by atoms with Gasteiger partial charge >= 0.3 is 0 Å². The summed E-state index contributed by atoms with van der Waals surface area (Å²) in [4.78, 5) is 19.8. The predicted molar refractivity (Wildman–Crippen MR) is 103 cm³/mol. The molecule has 3 heterocycles. The fourth-order valence-corrected chi connectivity index (χ4v) is 4.39. The van der Waals surface area contributed by atoms with E-state index in [0.717, 1.165) is 47.8 Å². The molecule has 134 valence electrons. The number of carbonyl (C=O) groups is 1. The summed E-state index contributed by atoms with van der Waals surface area (Å²) < 4.78 is 0. The minimum Gasteiger partial charge on any atom is -0.337 e. The Balaban J connectivity index is 1.57. The van der Waals surface area contributed by atoms with Crippen LogP contribution in [0.4, 0.5) is 0 Å². The van der Waals surface area contributed by atoms with Crippen LogP contribution in [0.5, 0.6) is 0 Å². The number of thiazole rings is 1. The van der Waals surface area contributed by atoms with E-state index in [0.29, 0.717) is 0 Å². The number of aromatic nitrogens is 3. The number of H-pyrrole nitrogens is 1. The first kappa shape index (κ1) is 17.0. The van der Waals surface area contributed by atoms with Crippen molar-refractivity contribution in [2.24, 2.45) is 0 Å². The van der Waals surface area contributed by atoms with Gasteiger partial charge in [0.05, 0.1) is 17.4 Å². The van der Waals surface area contributed by atoms with Crippen LogP contribution in [0.25, 0.3) is 11.1 Å². The van der Waals surface area contributed by atoms with E-state index in [2.05, 4.69) is 46.4 Å². The lowest BCUT2D eigenvalue weighted by Crippen LogP contribution is -2.39. The van der Waals surface area contributed by atoms with E-state index >= 15 is 0 Å². The number of aryl methyl sites for hydroxylation is 2. The molecule has 1 saturated heterocycles. The number of hydrogen-bond acceptors (Lipinski definition) is 4. The third kappa shape index (κ3) is 3.17. The Labute approximate surface area is 157 Å². The Morgan fingerprint density at radius 2 is 2.08 bits per heavy atom. The van der Waals surface area contributed by atoms with Crippen molar-refractivity contribution in [3.05, 3.63) is 57.8 Å². The second kappa shape index (κ2) is 7.03. The Hall–Kier alpha value is -2.47. The van der Waals surface area contributed by atoms with Gasteiger partial charge in [-0.25, -0.2) is 4.98 Å². The number of piperidine rings is 1. The van der Waals surface area contributed by atoms with Crippen LogP contribution in [0.1, 0.15) is 45.4 Å². The molecule has 4 rings (SSSR count). The van der Waals surface area contributed by atoms with Crippen LogP contribution in [-0.4, -0.2) is 39.1 Å². The number of nitrogens with one attached hydrogen (secondary N) is 1. The highest BCUT2D eigenvalue weighted by Crippen LogP contribution is 2.33. The van der Waals surface area contributed by atoms with Crippen molar-refractivity contribution in [1.82, 2.24) is 20.1 Å². The van der Waals surface area contributed by atoms with Crippen LogP contribution in [-0.2, 0) is 0 Å². The molecule has 3 aromatic rings. The maximum absolute atomic E-state index is 12.9. The number of rotatable bonds is 3. The zero-order valence-corrected chi connectivity index (χ0v) is 15.8. The molecule has 0 radical (unpaired) electrons. The molecule has 1 atom stereocenters. The van der Waals surface area contributed by atoms with Crippen LogP contribution in [0.2, 0.25) is 0 Å². The van der Waals surface area contributed by atoms with Crippen LogP contribution in [0.15, 0.2) is 36.0 Å². The lowest BCUT2D eigenvalue weighted by atomic mass is 9.90. The second-order valence-electron chi connectivity index (χ2n) is 6.92. The Morgan fingerprint density at radius 1 is 1.27 bits per heavy atom. The minimum atomic E-state index is 0.103. The number of benzene rings is 1. The van der Waals surface area contributed by atoms with Gasteiger partial charge < -0.3 is 4.90 Å². The first-order valence-electron chi connectivity index (χ1n) is 8.93. The van der Waals surface area contributed by atoms with E-state index in [9.17, 15) is 4.79 Å². The molecule has 5 nitrogen and oxygen atoms in total. The van der Waals surface area contributed by atoms with E-state index in [1.807, 2.05) is 18.0 Å². The van der Waals surface area contributed by atoms with Gasteiger partial charge in [0, 0.05) is 30.3 Å². The molecule has 1 aliphatic rings. The molecule has 1 N–H and O–H groups in total. The number of likely N-dealkylation sites (tertiary alicyclic amines) is 1. The highest BCUT2D eigenvalue weighted by molar-refractivity contribution is 7.11. The van der Waals surface area contributed by atoms with Gasteiger partial charge in [-0.05, 0) is 32.3 Å². The van der Waals surface area contributed by atoms with Crippen molar-refractivity contribution < 1.29 is 4.79 Å². The number of aromatic amines is 1. The summed E-state index contributed by atoms with van der Waals surface area (Å²) in [6.07, 6.45) is 3.96. The SMILES string of the molecule is Cc1ccc(-c2cn[nH]c2[C@H]2CCCN(C(=O)c3scnc3C)C2)cc1. The number of amides is 1. The molecule has 1 fully saturated rings. The summed E-state index contributed by atoms with van der Waals surface area (Å²) in [7, 11) is 0. The predicted octanol–water partition coefficient (Wildman–Crippen LogP) is 4.17. The summed E-state index contributed by atoms with van der Waals surface area (Å²) in [5.74, 6) is 0.380. The summed E-state index contributed by atoms with van der Waals surface area (Å²) in [5, 5.41) is 7.49. The van der Waals surface area contributed by atoms with Gasteiger partial charge in [0.25, 0.3) is 5.91 Å². The van der Waals surface area contributed by atoms with Crippen molar-refractivity contribution in [1.29, 1.82) is 0 Å². The van der Waals surface area contributed by atoms with E-state index < -0.39 is 0 Å². The molecule has 1 aromatic carbocycles. The third-order valence-electron chi connectivity index (χ3n) is 5.09. The van der Waals surface area contributed by atoms with Gasteiger partial charge in [-0.3, -0.25) is 9.89 Å².